The predicted molar refractivity (Wildman–Crippen MR) is 88.2 cm³/mol. The van der Waals surface area contributed by atoms with E-state index < -0.39 is 5.63 Å². The number of hydrogen-bond donors (Lipinski definition) is 0. The lowest BCUT2D eigenvalue weighted by molar-refractivity contribution is 0.0594. The molecular weight excluding hydrogens is 278 g/mol. The summed E-state index contributed by atoms with van der Waals surface area (Å²) in [4.78, 5) is 26.9. The van der Waals surface area contributed by atoms with Gasteiger partial charge < -0.3 is 9.32 Å². The second-order valence-electron chi connectivity index (χ2n) is 5.71. The number of nitrogens with zero attached hydrogens (tertiary/aromatic N) is 1. The van der Waals surface area contributed by atoms with Crippen LogP contribution in [0.1, 0.15) is 50.9 Å². The van der Waals surface area contributed by atoms with E-state index in [2.05, 4.69) is 0 Å². The standard InChI is InChI=1S/C18H23NO3/c1-5-12(3)19(13(4)6-2)17(20)15-11-14-9-7-8-10-16(14)22-18(15)21/h7-13H,5-6H2,1-4H3. The van der Waals surface area contributed by atoms with Crippen molar-refractivity contribution in [3.8, 4) is 0 Å². The molecule has 0 N–H and O–H groups in total. The molecule has 1 heterocycles. The van der Waals surface area contributed by atoms with E-state index >= 15 is 0 Å². The molecule has 1 amide bonds. The van der Waals surface area contributed by atoms with Crippen LogP contribution < -0.4 is 5.63 Å². The summed E-state index contributed by atoms with van der Waals surface area (Å²) in [5, 5.41) is 0.763. The third-order valence-corrected chi connectivity index (χ3v) is 4.24. The fourth-order valence-electron chi connectivity index (χ4n) is 2.58. The first-order valence-corrected chi connectivity index (χ1v) is 7.85. The summed E-state index contributed by atoms with van der Waals surface area (Å²) in [6, 6.07) is 9.02. The van der Waals surface area contributed by atoms with Gasteiger partial charge in [0.2, 0.25) is 0 Å². The molecule has 1 aromatic heterocycles. The van der Waals surface area contributed by atoms with Crippen LogP contribution in [-0.4, -0.2) is 22.9 Å². The summed E-state index contributed by atoms with van der Waals surface area (Å²) in [7, 11) is 0. The zero-order valence-corrected chi connectivity index (χ0v) is 13.6. The molecule has 2 rings (SSSR count). The second-order valence-corrected chi connectivity index (χ2v) is 5.71. The van der Waals surface area contributed by atoms with Crippen molar-refractivity contribution in [2.75, 3.05) is 0 Å². The Morgan fingerprint density at radius 3 is 2.32 bits per heavy atom. The Labute approximate surface area is 130 Å². The monoisotopic (exact) mass is 301 g/mol. The Morgan fingerprint density at radius 1 is 1.14 bits per heavy atom. The van der Waals surface area contributed by atoms with Crippen LogP contribution in [0.15, 0.2) is 39.5 Å². The summed E-state index contributed by atoms with van der Waals surface area (Å²) < 4.78 is 5.29. The summed E-state index contributed by atoms with van der Waals surface area (Å²) in [6.07, 6.45) is 1.68. The van der Waals surface area contributed by atoms with Crippen molar-refractivity contribution in [1.29, 1.82) is 0 Å². The van der Waals surface area contributed by atoms with Gasteiger partial charge in [-0.3, -0.25) is 4.79 Å². The van der Waals surface area contributed by atoms with Crippen molar-refractivity contribution in [1.82, 2.24) is 4.90 Å². The van der Waals surface area contributed by atoms with E-state index in [4.69, 9.17) is 4.42 Å². The van der Waals surface area contributed by atoms with Crippen LogP contribution >= 0.6 is 0 Å². The number of rotatable bonds is 5. The Morgan fingerprint density at radius 2 is 1.73 bits per heavy atom. The van der Waals surface area contributed by atoms with Crippen LogP contribution in [0.5, 0.6) is 0 Å². The minimum atomic E-state index is -0.569. The van der Waals surface area contributed by atoms with Crippen LogP contribution in [0.2, 0.25) is 0 Å². The molecule has 2 unspecified atom stereocenters. The van der Waals surface area contributed by atoms with Crippen molar-refractivity contribution >= 4 is 16.9 Å². The van der Waals surface area contributed by atoms with Gasteiger partial charge in [-0.15, -0.1) is 0 Å². The predicted octanol–water partition coefficient (Wildman–Crippen LogP) is 3.83. The minimum Gasteiger partial charge on any atom is -0.422 e. The molecule has 0 saturated carbocycles. The van der Waals surface area contributed by atoms with E-state index in [1.165, 1.54) is 0 Å². The van der Waals surface area contributed by atoms with E-state index in [9.17, 15) is 9.59 Å². The van der Waals surface area contributed by atoms with Gasteiger partial charge >= 0.3 is 5.63 Å². The topological polar surface area (TPSA) is 50.5 Å². The molecule has 22 heavy (non-hydrogen) atoms. The van der Waals surface area contributed by atoms with Gasteiger partial charge in [-0.05, 0) is 38.8 Å². The molecule has 0 saturated heterocycles. The number of carbonyl (C=O) groups is 1. The molecule has 0 fully saturated rings. The highest BCUT2D eigenvalue weighted by atomic mass is 16.4. The second kappa shape index (κ2) is 6.77. The van der Waals surface area contributed by atoms with E-state index in [0.29, 0.717) is 5.58 Å². The maximum atomic E-state index is 12.9. The first-order chi connectivity index (χ1) is 10.5. The van der Waals surface area contributed by atoms with Crippen LogP contribution in [-0.2, 0) is 0 Å². The lowest BCUT2D eigenvalue weighted by atomic mass is 10.1. The molecule has 0 radical (unpaired) electrons. The number of fused-ring (bicyclic) bond motifs is 1. The molecule has 2 aromatic rings. The molecule has 4 heteroatoms. The van der Waals surface area contributed by atoms with E-state index in [1.54, 1.807) is 23.1 Å². The van der Waals surface area contributed by atoms with Crippen molar-refractivity contribution in [2.45, 2.75) is 52.6 Å². The molecule has 118 valence electrons. The zero-order valence-electron chi connectivity index (χ0n) is 13.6. The Bertz CT molecular complexity index is 710. The summed E-state index contributed by atoms with van der Waals surface area (Å²) in [6.45, 7) is 8.09. The number of benzene rings is 1. The summed E-state index contributed by atoms with van der Waals surface area (Å²) in [5.41, 5.74) is 0.0438. The van der Waals surface area contributed by atoms with E-state index in [-0.39, 0.29) is 23.6 Å². The van der Waals surface area contributed by atoms with Crippen LogP contribution in [0.3, 0.4) is 0 Å². The SMILES string of the molecule is CCC(C)N(C(=O)c1cc2ccccc2oc1=O)C(C)CC. The van der Waals surface area contributed by atoms with Crippen molar-refractivity contribution in [2.24, 2.45) is 0 Å². The highest BCUT2D eigenvalue weighted by Gasteiger charge is 2.27. The molecule has 0 aliphatic rings. The summed E-state index contributed by atoms with van der Waals surface area (Å²) in [5.74, 6) is -0.247. The molecule has 4 nitrogen and oxygen atoms in total. The molecule has 0 spiro atoms. The first kappa shape index (κ1) is 16.3. The summed E-state index contributed by atoms with van der Waals surface area (Å²) >= 11 is 0. The third kappa shape index (κ3) is 3.06. The minimum absolute atomic E-state index is 0.0771. The fourth-order valence-corrected chi connectivity index (χ4v) is 2.58. The third-order valence-electron chi connectivity index (χ3n) is 4.24. The largest absolute Gasteiger partial charge is 0.422 e. The molecule has 0 aliphatic carbocycles. The number of hydrogen-bond acceptors (Lipinski definition) is 3. The van der Waals surface area contributed by atoms with Crippen LogP contribution in [0.4, 0.5) is 0 Å². The Kier molecular flexibility index (Phi) is 5.01. The maximum Gasteiger partial charge on any atom is 0.349 e. The van der Waals surface area contributed by atoms with Gasteiger partial charge in [0, 0.05) is 17.5 Å². The van der Waals surface area contributed by atoms with Gasteiger partial charge in [0.15, 0.2) is 0 Å². The average Bonchev–Trinajstić information content (AvgIpc) is 2.53. The van der Waals surface area contributed by atoms with Gasteiger partial charge in [-0.2, -0.15) is 0 Å². The molecule has 0 bridgehead atoms. The number of carbonyl (C=O) groups excluding carboxylic acids is 1. The van der Waals surface area contributed by atoms with Crippen LogP contribution in [0.25, 0.3) is 11.0 Å². The molecular formula is C18H23NO3. The Hall–Kier alpha value is -2.10. The van der Waals surface area contributed by atoms with Crippen molar-refractivity contribution in [3.05, 3.63) is 46.3 Å². The molecule has 2 atom stereocenters. The zero-order chi connectivity index (χ0) is 16.3. The molecule has 1 aromatic carbocycles. The van der Waals surface area contributed by atoms with Gasteiger partial charge in [-0.1, -0.05) is 32.0 Å². The number of amides is 1. The average molecular weight is 301 g/mol. The van der Waals surface area contributed by atoms with Gasteiger partial charge in [0.05, 0.1) is 0 Å². The van der Waals surface area contributed by atoms with Crippen LogP contribution in [0, 0.1) is 0 Å². The fraction of sp³-hybridized carbons (Fsp3) is 0.444. The first-order valence-electron chi connectivity index (χ1n) is 7.85. The van der Waals surface area contributed by atoms with Gasteiger partial charge in [0.1, 0.15) is 11.1 Å². The van der Waals surface area contributed by atoms with Gasteiger partial charge in [0.25, 0.3) is 5.91 Å². The highest BCUT2D eigenvalue weighted by molar-refractivity contribution is 5.97. The van der Waals surface area contributed by atoms with Crippen molar-refractivity contribution < 1.29 is 9.21 Å². The normalized spacial score (nSPS) is 13.8. The highest BCUT2D eigenvalue weighted by Crippen LogP contribution is 2.18. The van der Waals surface area contributed by atoms with Gasteiger partial charge in [-0.25, -0.2) is 4.79 Å². The van der Waals surface area contributed by atoms with Crippen molar-refractivity contribution in [3.63, 3.8) is 0 Å². The van der Waals surface area contributed by atoms with E-state index in [0.717, 1.165) is 18.2 Å². The lowest BCUT2D eigenvalue weighted by Gasteiger charge is -2.33. The lowest BCUT2D eigenvalue weighted by Crippen LogP contribution is -2.45. The molecule has 0 aliphatic heterocycles. The van der Waals surface area contributed by atoms with E-state index in [1.807, 2.05) is 39.8 Å². The quantitative estimate of drug-likeness (QED) is 0.789. The smallest absolute Gasteiger partial charge is 0.349 e. The Balaban J connectivity index is 2.50. The number of para-hydroxylation sites is 1. The maximum absolute atomic E-state index is 12.9.